The SMILES string of the molecule is CC(C)Cn1cc(CNSN2CCCC2)c2ccc(-c3ccncc3)cc21. The number of rotatable bonds is 7. The maximum Gasteiger partial charge on any atom is 0.0489 e. The van der Waals surface area contributed by atoms with Crippen LogP contribution in [0.25, 0.3) is 22.0 Å². The maximum absolute atomic E-state index is 4.14. The van der Waals surface area contributed by atoms with E-state index in [-0.39, 0.29) is 0 Å². The third-order valence-electron chi connectivity index (χ3n) is 5.06. The number of hydrogen-bond donors (Lipinski definition) is 1. The first-order chi connectivity index (χ1) is 13.2. The third kappa shape index (κ3) is 4.37. The van der Waals surface area contributed by atoms with Crippen LogP contribution in [0, 0.1) is 5.92 Å². The Labute approximate surface area is 166 Å². The molecule has 1 aliphatic rings. The summed E-state index contributed by atoms with van der Waals surface area (Å²) in [7, 11) is 0. The van der Waals surface area contributed by atoms with Gasteiger partial charge in [0.15, 0.2) is 0 Å². The second kappa shape index (κ2) is 8.46. The molecule has 0 atom stereocenters. The molecule has 0 radical (unpaired) electrons. The molecule has 0 aliphatic carbocycles. The van der Waals surface area contributed by atoms with Crippen molar-refractivity contribution in [2.24, 2.45) is 5.92 Å². The molecule has 0 unspecified atom stereocenters. The third-order valence-corrected chi connectivity index (χ3v) is 5.96. The highest BCUT2D eigenvalue weighted by Gasteiger charge is 2.14. The van der Waals surface area contributed by atoms with Crippen LogP contribution in [0.3, 0.4) is 0 Å². The molecule has 1 aliphatic heterocycles. The molecule has 4 nitrogen and oxygen atoms in total. The van der Waals surface area contributed by atoms with Crippen LogP contribution in [-0.2, 0) is 13.1 Å². The first kappa shape index (κ1) is 18.5. The molecule has 1 aromatic carbocycles. The van der Waals surface area contributed by atoms with Gasteiger partial charge >= 0.3 is 0 Å². The highest BCUT2D eigenvalue weighted by Crippen LogP contribution is 2.29. The van der Waals surface area contributed by atoms with Crippen LogP contribution < -0.4 is 4.72 Å². The molecular formula is C22H28N4S. The van der Waals surface area contributed by atoms with Crippen molar-refractivity contribution in [1.29, 1.82) is 0 Å². The quantitative estimate of drug-likeness (QED) is 0.578. The van der Waals surface area contributed by atoms with E-state index in [4.69, 9.17) is 0 Å². The van der Waals surface area contributed by atoms with E-state index in [0.717, 1.165) is 13.1 Å². The molecule has 1 fully saturated rings. The van der Waals surface area contributed by atoms with Gasteiger partial charge < -0.3 is 4.57 Å². The lowest BCUT2D eigenvalue weighted by Gasteiger charge is -2.13. The Bertz CT molecular complexity index is 882. The highest BCUT2D eigenvalue weighted by molar-refractivity contribution is 7.95. The van der Waals surface area contributed by atoms with E-state index in [1.807, 2.05) is 12.4 Å². The molecule has 4 rings (SSSR count). The normalized spacial score (nSPS) is 15.2. The van der Waals surface area contributed by atoms with Gasteiger partial charge in [-0.25, -0.2) is 9.03 Å². The fourth-order valence-corrected chi connectivity index (χ4v) is 4.60. The van der Waals surface area contributed by atoms with Gasteiger partial charge in [0.2, 0.25) is 0 Å². The van der Waals surface area contributed by atoms with Crippen LogP contribution in [0.1, 0.15) is 32.3 Å². The zero-order valence-electron chi connectivity index (χ0n) is 16.2. The molecular weight excluding hydrogens is 352 g/mol. The van der Waals surface area contributed by atoms with Gasteiger partial charge in [-0.2, -0.15) is 0 Å². The predicted molar refractivity (Wildman–Crippen MR) is 115 cm³/mol. The minimum absolute atomic E-state index is 0.616. The van der Waals surface area contributed by atoms with Crippen molar-refractivity contribution in [1.82, 2.24) is 18.6 Å². The van der Waals surface area contributed by atoms with Crippen molar-refractivity contribution in [2.75, 3.05) is 13.1 Å². The summed E-state index contributed by atoms with van der Waals surface area (Å²) in [6, 6.07) is 11.0. The van der Waals surface area contributed by atoms with E-state index < -0.39 is 0 Å². The van der Waals surface area contributed by atoms with Crippen LogP contribution >= 0.6 is 12.1 Å². The topological polar surface area (TPSA) is 33.1 Å². The molecule has 0 spiro atoms. The van der Waals surface area contributed by atoms with Crippen LogP contribution in [0.5, 0.6) is 0 Å². The Balaban J connectivity index is 1.61. The Morgan fingerprint density at radius 1 is 1.07 bits per heavy atom. The van der Waals surface area contributed by atoms with E-state index >= 15 is 0 Å². The Kier molecular flexibility index (Phi) is 5.81. The first-order valence-electron chi connectivity index (χ1n) is 9.87. The zero-order chi connectivity index (χ0) is 18.6. The van der Waals surface area contributed by atoms with Gasteiger partial charge in [-0.15, -0.1) is 0 Å². The number of hydrogen-bond acceptors (Lipinski definition) is 4. The van der Waals surface area contributed by atoms with E-state index in [1.165, 1.54) is 53.5 Å². The highest BCUT2D eigenvalue weighted by atomic mass is 32.2. The van der Waals surface area contributed by atoms with Crippen molar-refractivity contribution in [3.8, 4) is 11.1 Å². The van der Waals surface area contributed by atoms with Crippen LogP contribution in [0.2, 0.25) is 0 Å². The van der Waals surface area contributed by atoms with Gasteiger partial charge in [-0.05, 0) is 53.6 Å². The zero-order valence-corrected chi connectivity index (χ0v) is 17.0. The Morgan fingerprint density at radius 2 is 1.85 bits per heavy atom. The van der Waals surface area contributed by atoms with Gasteiger partial charge in [0.1, 0.15) is 0 Å². The molecule has 3 aromatic rings. The number of nitrogens with one attached hydrogen (secondary N) is 1. The summed E-state index contributed by atoms with van der Waals surface area (Å²) < 4.78 is 8.41. The minimum Gasteiger partial charge on any atom is -0.347 e. The number of nitrogens with zero attached hydrogens (tertiary/aromatic N) is 3. The van der Waals surface area contributed by atoms with E-state index in [0.29, 0.717) is 5.92 Å². The molecule has 27 heavy (non-hydrogen) atoms. The number of pyridine rings is 1. The summed E-state index contributed by atoms with van der Waals surface area (Å²) in [6.07, 6.45) is 8.69. The maximum atomic E-state index is 4.14. The largest absolute Gasteiger partial charge is 0.347 e. The lowest BCUT2D eigenvalue weighted by Crippen LogP contribution is -2.17. The summed E-state index contributed by atoms with van der Waals surface area (Å²) in [5, 5.41) is 1.35. The minimum atomic E-state index is 0.616. The molecule has 3 heterocycles. The summed E-state index contributed by atoms with van der Waals surface area (Å²) >= 11 is 1.78. The second-order valence-electron chi connectivity index (χ2n) is 7.72. The van der Waals surface area contributed by atoms with Crippen molar-refractivity contribution in [3.63, 3.8) is 0 Å². The average molecular weight is 381 g/mol. The summed E-state index contributed by atoms with van der Waals surface area (Å²) in [4.78, 5) is 4.14. The summed E-state index contributed by atoms with van der Waals surface area (Å²) in [5.41, 5.74) is 5.16. The molecule has 1 N–H and O–H groups in total. The molecule has 0 amide bonds. The molecule has 1 saturated heterocycles. The molecule has 0 saturated carbocycles. The van der Waals surface area contributed by atoms with Crippen LogP contribution in [-0.4, -0.2) is 26.9 Å². The van der Waals surface area contributed by atoms with Crippen molar-refractivity contribution < 1.29 is 0 Å². The average Bonchev–Trinajstić information content (AvgIpc) is 3.31. The summed E-state index contributed by atoms with van der Waals surface area (Å²) in [5.74, 6) is 0.616. The number of benzene rings is 1. The van der Waals surface area contributed by atoms with Crippen molar-refractivity contribution in [3.05, 3.63) is 54.5 Å². The van der Waals surface area contributed by atoms with Gasteiger partial charge in [0, 0.05) is 67.8 Å². The van der Waals surface area contributed by atoms with Gasteiger partial charge in [0.25, 0.3) is 0 Å². The summed E-state index contributed by atoms with van der Waals surface area (Å²) in [6.45, 7) is 8.87. The van der Waals surface area contributed by atoms with Gasteiger partial charge in [-0.1, -0.05) is 26.0 Å². The standard InChI is InChI=1S/C22H28N4S/c1-17(2)15-25-16-20(14-24-27-26-11-3-4-12-26)21-6-5-19(13-22(21)25)18-7-9-23-10-8-18/h5-10,13,16-17,24H,3-4,11-12,14-15H2,1-2H3. The van der Waals surface area contributed by atoms with Crippen LogP contribution in [0.4, 0.5) is 0 Å². The first-order valence-corrected chi connectivity index (χ1v) is 10.6. The monoisotopic (exact) mass is 380 g/mol. The van der Waals surface area contributed by atoms with Crippen LogP contribution in [0.15, 0.2) is 48.9 Å². The van der Waals surface area contributed by atoms with Gasteiger partial charge in [0.05, 0.1) is 0 Å². The molecule has 2 aromatic heterocycles. The Morgan fingerprint density at radius 3 is 2.59 bits per heavy atom. The fraction of sp³-hybridized carbons (Fsp3) is 0.409. The lowest BCUT2D eigenvalue weighted by molar-refractivity contribution is 0.534. The van der Waals surface area contributed by atoms with E-state index in [2.05, 4.69) is 69.0 Å². The molecule has 142 valence electrons. The molecule has 5 heteroatoms. The number of fused-ring (bicyclic) bond motifs is 1. The predicted octanol–water partition coefficient (Wildman–Crippen LogP) is 5.11. The number of aromatic nitrogens is 2. The lowest BCUT2D eigenvalue weighted by atomic mass is 10.0. The van der Waals surface area contributed by atoms with Crippen molar-refractivity contribution >= 4 is 23.0 Å². The smallest absolute Gasteiger partial charge is 0.0489 e. The van der Waals surface area contributed by atoms with E-state index in [1.54, 1.807) is 12.1 Å². The Hall–Kier alpha value is -1.82. The van der Waals surface area contributed by atoms with Gasteiger partial charge in [-0.3, -0.25) is 4.98 Å². The second-order valence-corrected chi connectivity index (χ2v) is 8.70. The van der Waals surface area contributed by atoms with Crippen molar-refractivity contribution in [2.45, 2.75) is 39.8 Å². The molecule has 0 bridgehead atoms. The fourth-order valence-electron chi connectivity index (χ4n) is 3.76. The van der Waals surface area contributed by atoms with E-state index in [9.17, 15) is 0 Å².